The molecule has 0 saturated carbocycles. The standard InChI is InChI=1S/C21H32N2O3/c1-15-12-16(2)19(17(13-15)26-6)20(25)23-9-7-8-22(10-11-23)18(24)14-21(3,4)5/h12-13H,7-11,14H2,1-6H3. The molecule has 2 amide bonds. The van der Waals surface area contributed by atoms with Crippen molar-refractivity contribution in [3.8, 4) is 5.75 Å². The Morgan fingerprint density at radius 1 is 1.04 bits per heavy atom. The Labute approximate surface area is 157 Å². The topological polar surface area (TPSA) is 49.9 Å². The zero-order chi connectivity index (χ0) is 19.5. The fourth-order valence-electron chi connectivity index (χ4n) is 3.46. The molecule has 0 unspecified atom stereocenters. The average Bonchev–Trinajstić information content (AvgIpc) is 2.78. The van der Waals surface area contributed by atoms with Gasteiger partial charge in [0.15, 0.2) is 0 Å². The number of methoxy groups -OCH3 is 1. The number of ether oxygens (including phenoxy) is 1. The summed E-state index contributed by atoms with van der Waals surface area (Å²) >= 11 is 0. The lowest BCUT2D eigenvalue weighted by molar-refractivity contribution is -0.132. The molecule has 1 saturated heterocycles. The monoisotopic (exact) mass is 360 g/mol. The maximum Gasteiger partial charge on any atom is 0.257 e. The van der Waals surface area contributed by atoms with Gasteiger partial charge in [0.2, 0.25) is 5.91 Å². The molecule has 1 aromatic carbocycles. The van der Waals surface area contributed by atoms with E-state index < -0.39 is 0 Å². The number of benzene rings is 1. The summed E-state index contributed by atoms with van der Waals surface area (Å²) < 4.78 is 5.45. The van der Waals surface area contributed by atoms with E-state index in [0.717, 1.165) is 17.5 Å². The predicted molar refractivity (Wildman–Crippen MR) is 104 cm³/mol. The summed E-state index contributed by atoms with van der Waals surface area (Å²) in [5.41, 5.74) is 2.61. The molecular formula is C21H32N2O3. The fourth-order valence-corrected chi connectivity index (χ4v) is 3.46. The Morgan fingerprint density at radius 3 is 2.27 bits per heavy atom. The van der Waals surface area contributed by atoms with Crippen molar-refractivity contribution < 1.29 is 14.3 Å². The summed E-state index contributed by atoms with van der Waals surface area (Å²) in [5.74, 6) is 0.790. The molecule has 5 heteroatoms. The van der Waals surface area contributed by atoms with Gasteiger partial charge in [-0.3, -0.25) is 9.59 Å². The molecule has 1 aliphatic heterocycles. The lowest BCUT2D eigenvalue weighted by Gasteiger charge is -2.26. The number of hydrogen-bond acceptors (Lipinski definition) is 3. The third-order valence-electron chi connectivity index (χ3n) is 4.69. The van der Waals surface area contributed by atoms with Gasteiger partial charge in [0.25, 0.3) is 5.91 Å². The second-order valence-corrected chi connectivity index (χ2v) is 8.42. The van der Waals surface area contributed by atoms with Crippen LogP contribution in [0.3, 0.4) is 0 Å². The lowest BCUT2D eigenvalue weighted by Crippen LogP contribution is -2.38. The SMILES string of the molecule is COc1cc(C)cc(C)c1C(=O)N1CCCN(C(=O)CC(C)(C)C)CC1. The second-order valence-electron chi connectivity index (χ2n) is 8.42. The zero-order valence-corrected chi connectivity index (χ0v) is 17.0. The molecule has 0 atom stereocenters. The number of amides is 2. The number of rotatable bonds is 3. The summed E-state index contributed by atoms with van der Waals surface area (Å²) in [4.78, 5) is 29.4. The predicted octanol–water partition coefficient (Wildman–Crippen LogP) is 3.42. The summed E-state index contributed by atoms with van der Waals surface area (Å²) in [7, 11) is 1.60. The van der Waals surface area contributed by atoms with E-state index in [-0.39, 0.29) is 17.2 Å². The molecule has 26 heavy (non-hydrogen) atoms. The van der Waals surface area contributed by atoms with Gasteiger partial charge in [0, 0.05) is 32.6 Å². The Hall–Kier alpha value is -2.04. The van der Waals surface area contributed by atoms with E-state index in [2.05, 4.69) is 20.8 Å². The van der Waals surface area contributed by atoms with Crippen molar-refractivity contribution in [3.63, 3.8) is 0 Å². The number of carbonyl (C=O) groups excluding carboxylic acids is 2. The van der Waals surface area contributed by atoms with E-state index in [1.54, 1.807) is 7.11 Å². The summed E-state index contributed by atoms with van der Waals surface area (Å²) in [5, 5.41) is 0. The molecule has 144 valence electrons. The highest BCUT2D eigenvalue weighted by atomic mass is 16.5. The minimum atomic E-state index is -0.0225. The maximum absolute atomic E-state index is 13.1. The molecule has 0 spiro atoms. The van der Waals surface area contributed by atoms with E-state index in [1.165, 1.54) is 0 Å². The summed E-state index contributed by atoms with van der Waals surface area (Å²) in [6, 6.07) is 3.91. The molecule has 2 rings (SSSR count). The van der Waals surface area contributed by atoms with E-state index in [9.17, 15) is 9.59 Å². The van der Waals surface area contributed by atoms with Gasteiger partial charge in [-0.15, -0.1) is 0 Å². The highest BCUT2D eigenvalue weighted by Gasteiger charge is 2.27. The van der Waals surface area contributed by atoms with Crippen molar-refractivity contribution in [2.24, 2.45) is 5.41 Å². The van der Waals surface area contributed by atoms with Crippen LogP contribution in [-0.2, 0) is 4.79 Å². The molecule has 1 fully saturated rings. The van der Waals surface area contributed by atoms with Crippen LogP contribution in [-0.4, -0.2) is 54.9 Å². The molecule has 0 radical (unpaired) electrons. The van der Waals surface area contributed by atoms with E-state index in [1.807, 2.05) is 35.8 Å². The first-order chi connectivity index (χ1) is 12.1. The quantitative estimate of drug-likeness (QED) is 0.830. The first-order valence-electron chi connectivity index (χ1n) is 9.34. The van der Waals surface area contributed by atoms with Crippen molar-refractivity contribution in [1.29, 1.82) is 0 Å². The maximum atomic E-state index is 13.1. The zero-order valence-electron chi connectivity index (χ0n) is 17.0. The molecule has 0 aromatic heterocycles. The van der Waals surface area contributed by atoms with Crippen LogP contribution in [0, 0.1) is 19.3 Å². The highest BCUT2D eigenvalue weighted by molar-refractivity contribution is 5.98. The molecule has 0 N–H and O–H groups in total. The van der Waals surface area contributed by atoms with Crippen molar-refractivity contribution in [2.75, 3.05) is 33.3 Å². The van der Waals surface area contributed by atoms with Crippen LogP contribution in [0.2, 0.25) is 0 Å². The number of aryl methyl sites for hydroxylation is 2. The molecule has 0 bridgehead atoms. The first-order valence-corrected chi connectivity index (χ1v) is 9.34. The van der Waals surface area contributed by atoms with Gasteiger partial charge in [-0.05, 0) is 42.9 Å². The number of hydrogen-bond donors (Lipinski definition) is 0. The van der Waals surface area contributed by atoms with Crippen molar-refractivity contribution in [1.82, 2.24) is 9.80 Å². The van der Waals surface area contributed by atoms with Crippen molar-refractivity contribution in [3.05, 3.63) is 28.8 Å². The molecule has 1 heterocycles. The fraction of sp³-hybridized carbons (Fsp3) is 0.619. The Bertz CT molecular complexity index is 677. The van der Waals surface area contributed by atoms with E-state index in [0.29, 0.717) is 43.9 Å². The highest BCUT2D eigenvalue weighted by Crippen LogP contribution is 2.26. The third-order valence-corrected chi connectivity index (χ3v) is 4.69. The van der Waals surface area contributed by atoms with Gasteiger partial charge in [-0.25, -0.2) is 0 Å². The van der Waals surface area contributed by atoms with Crippen molar-refractivity contribution >= 4 is 11.8 Å². The van der Waals surface area contributed by atoms with Crippen LogP contribution in [0.4, 0.5) is 0 Å². The van der Waals surface area contributed by atoms with Gasteiger partial charge < -0.3 is 14.5 Å². The lowest BCUT2D eigenvalue weighted by atomic mass is 9.91. The van der Waals surface area contributed by atoms with Gasteiger partial charge in [0.1, 0.15) is 5.75 Å². The van der Waals surface area contributed by atoms with Crippen LogP contribution >= 0.6 is 0 Å². The van der Waals surface area contributed by atoms with Gasteiger partial charge in [-0.1, -0.05) is 26.8 Å². The summed E-state index contributed by atoms with van der Waals surface area (Å²) in [6.07, 6.45) is 1.33. The Kier molecular flexibility index (Phi) is 6.32. The molecule has 1 aromatic rings. The second kappa shape index (κ2) is 8.11. The van der Waals surface area contributed by atoms with Crippen LogP contribution in [0.15, 0.2) is 12.1 Å². The largest absolute Gasteiger partial charge is 0.496 e. The number of carbonyl (C=O) groups is 2. The third kappa shape index (κ3) is 4.99. The molecule has 5 nitrogen and oxygen atoms in total. The Balaban J connectivity index is 2.12. The number of nitrogens with zero attached hydrogens (tertiary/aromatic N) is 2. The van der Waals surface area contributed by atoms with Crippen molar-refractivity contribution in [2.45, 2.75) is 47.5 Å². The average molecular weight is 360 g/mol. The van der Waals surface area contributed by atoms with Crippen LogP contribution in [0.1, 0.15) is 55.1 Å². The minimum Gasteiger partial charge on any atom is -0.496 e. The van der Waals surface area contributed by atoms with Crippen LogP contribution in [0.25, 0.3) is 0 Å². The molecule has 1 aliphatic rings. The summed E-state index contributed by atoms with van der Waals surface area (Å²) in [6.45, 7) is 12.7. The van der Waals surface area contributed by atoms with E-state index in [4.69, 9.17) is 4.74 Å². The van der Waals surface area contributed by atoms with Gasteiger partial charge >= 0.3 is 0 Å². The van der Waals surface area contributed by atoms with Crippen LogP contribution in [0.5, 0.6) is 5.75 Å². The van der Waals surface area contributed by atoms with Gasteiger partial charge in [0.05, 0.1) is 12.7 Å². The smallest absolute Gasteiger partial charge is 0.257 e. The molecular weight excluding hydrogens is 328 g/mol. The Morgan fingerprint density at radius 2 is 1.65 bits per heavy atom. The van der Waals surface area contributed by atoms with Crippen LogP contribution < -0.4 is 4.74 Å². The normalized spacial score (nSPS) is 15.6. The molecule has 0 aliphatic carbocycles. The minimum absolute atomic E-state index is 0.00975. The van der Waals surface area contributed by atoms with E-state index >= 15 is 0 Å². The van der Waals surface area contributed by atoms with Gasteiger partial charge in [-0.2, -0.15) is 0 Å². The first kappa shape index (κ1) is 20.3.